The van der Waals surface area contributed by atoms with E-state index in [1.807, 2.05) is 0 Å². The Hall–Kier alpha value is -3.23. The first kappa shape index (κ1) is 26.8. The Kier molecular flexibility index (Phi) is 9.11. The quantitative estimate of drug-likeness (QED) is 0.225. The van der Waals surface area contributed by atoms with Crippen LogP contribution in [0.5, 0.6) is 5.75 Å². The van der Waals surface area contributed by atoms with Gasteiger partial charge in [0.05, 0.1) is 0 Å². The molecule has 0 radical (unpaired) electrons. The van der Waals surface area contributed by atoms with Crippen LogP contribution < -0.4 is 4.74 Å². The number of amides is 1. The number of rotatable bonds is 9. The van der Waals surface area contributed by atoms with E-state index in [4.69, 9.17) is 0 Å². The molecule has 0 saturated carbocycles. The van der Waals surface area contributed by atoms with E-state index in [0.717, 1.165) is 26.8 Å². The number of hydrogen-bond acceptors (Lipinski definition) is 8. The van der Waals surface area contributed by atoms with E-state index in [-0.39, 0.29) is 0 Å². The molecule has 0 N–H and O–H groups in total. The first-order valence-electron chi connectivity index (χ1n) is 9.00. The molecule has 0 heterocycles. The minimum absolute atomic E-state index is 0.594. The van der Waals surface area contributed by atoms with E-state index < -0.39 is 80.2 Å². The van der Waals surface area contributed by atoms with Gasteiger partial charge in [-0.2, -0.15) is 13.2 Å². The second kappa shape index (κ2) is 10.9. The molecule has 1 rings (SSSR count). The average Bonchev–Trinajstić information content (AvgIpc) is 2.75. The predicted octanol–water partition coefficient (Wildman–Crippen LogP) is 3.58. The third kappa shape index (κ3) is 5.92. The molecule has 0 unspecified atom stereocenters. The highest BCUT2D eigenvalue weighted by Crippen LogP contribution is 2.36. The Morgan fingerprint density at radius 2 is 1.34 bits per heavy atom. The summed E-state index contributed by atoms with van der Waals surface area (Å²) in [6.07, 6.45) is -4.40. The standard InChI is InChI=1S/C17H18F5NO8Si/c1-4-12(24)29-32(30-13(25)5-2,31-14(26)6-3)17(20,21)23(22)16(27)28-11-9-7-8-10(18)15(11)19/h7-9H,4-6H2,1-3H3. The fraction of sp³-hybridized carbons (Fsp3) is 0.412. The van der Waals surface area contributed by atoms with Crippen molar-refractivity contribution >= 4 is 32.8 Å². The van der Waals surface area contributed by atoms with Crippen molar-refractivity contribution in [3.05, 3.63) is 29.8 Å². The summed E-state index contributed by atoms with van der Waals surface area (Å²) in [6.45, 7) is 3.41. The fourth-order valence-electron chi connectivity index (χ4n) is 1.84. The first-order chi connectivity index (χ1) is 14.8. The summed E-state index contributed by atoms with van der Waals surface area (Å²) in [4.78, 5) is 47.1. The van der Waals surface area contributed by atoms with Crippen LogP contribution in [-0.4, -0.2) is 43.6 Å². The normalized spacial score (nSPS) is 11.4. The topological polar surface area (TPSA) is 108 Å². The van der Waals surface area contributed by atoms with Gasteiger partial charge in [0, 0.05) is 19.3 Å². The molecule has 0 aliphatic heterocycles. The lowest BCUT2D eigenvalue weighted by molar-refractivity contribution is -0.203. The molecular formula is C17H18F5NO8Si. The van der Waals surface area contributed by atoms with Crippen molar-refractivity contribution in [3.63, 3.8) is 0 Å². The summed E-state index contributed by atoms with van der Waals surface area (Å²) in [5.41, 5.74) is -5.41. The summed E-state index contributed by atoms with van der Waals surface area (Å²) in [5.74, 6) is -9.05. The van der Waals surface area contributed by atoms with Crippen LogP contribution in [0.4, 0.5) is 26.8 Å². The maximum atomic E-state index is 15.1. The second-order valence-corrected chi connectivity index (χ2v) is 8.11. The Bertz CT molecular complexity index is 839. The molecule has 0 aliphatic carbocycles. The molecular weight excluding hydrogens is 469 g/mol. The van der Waals surface area contributed by atoms with Crippen LogP contribution in [0.25, 0.3) is 0 Å². The van der Waals surface area contributed by atoms with Crippen LogP contribution in [0.15, 0.2) is 18.2 Å². The molecule has 178 valence electrons. The van der Waals surface area contributed by atoms with E-state index in [1.165, 1.54) is 0 Å². The van der Waals surface area contributed by atoms with Crippen LogP contribution in [0.1, 0.15) is 40.0 Å². The predicted molar refractivity (Wildman–Crippen MR) is 95.2 cm³/mol. The zero-order valence-corrected chi connectivity index (χ0v) is 18.0. The van der Waals surface area contributed by atoms with Crippen molar-refractivity contribution in [1.29, 1.82) is 0 Å². The van der Waals surface area contributed by atoms with E-state index in [1.54, 1.807) is 0 Å². The number of ether oxygens (including phenoxy) is 1. The third-order valence-corrected chi connectivity index (χ3v) is 5.92. The zero-order chi connectivity index (χ0) is 24.7. The number of hydrogen-bond donors (Lipinski definition) is 0. The number of nitrogens with zero attached hydrogens (tertiary/aromatic N) is 1. The minimum atomic E-state index is -6.34. The molecule has 1 amide bonds. The lowest BCUT2D eigenvalue weighted by Gasteiger charge is -2.33. The van der Waals surface area contributed by atoms with Crippen LogP contribution in [0.3, 0.4) is 0 Å². The number of carbonyl (C=O) groups excluding carboxylic acids is 4. The number of carbonyl (C=O) groups is 4. The molecule has 0 aromatic heterocycles. The SMILES string of the molecule is CCC(=O)O[Si](OC(=O)CC)(OC(=O)CC)C(F)(F)N(F)C(=O)Oc1cccc(F)c1F. The van der Waals surface area contributed by atoms with E-state index in [2.05, 4.69) is 18.0 Å². The zero-order valence-electron chi connectivity index (χ0n) is 17.0. The summed E-state index contributed by atoms with van der Waals surface area (Å²) in [7, 11) is -6.34. The smallest absolute Gasteiger partial charge is 0.451 e. The molecule has 0 bridgehead atoms. The van der Waals surface area contributed by atoms with E-state index in [0.29, 0.717) is 12.1 Å². The summed E-state index contributed by atoms with van der Waals surface area (Å²) in [5, 5.41) is -2.00. The van der Waals surface area contributed by atoms with Crippen LogP contribution >= 0.6 is 0 Å². The second-order valence-electron chi connectivity index (χ2n) is 5.78. The van der Waals surface area contributed by atoms with Crippen molar-refractivity contribution in [2.75, 3.05) is 0 Å². The number of benzene rings is 1. The van der Waals surface area contributed by atoms with Gasteiger partial charge >= 0.3 is 20.6 Å². The first-order valence-corrected chi connectivity index (χ1v) is 10.7. The Morgan fingerprint density at radius 1 is 0.906 bits per heavy atom. The highest BCUT2D eigenvalue weighted by molar-refractivity contribution is 6.68. The van der Waals surface area contributed by atoms with Gasteiger partial charge in [0.2, 0.25) is 5.82 Å². The van der Waals surface area contributed by atoms with Crippen molar-refractivity contribution in [2.24, 2.45) is 0 Å². The summed E-state index contributed by atoms with van der Waals surface area (Å²) >= 11 is 0. The Labute approximate surface area is 179 Å². The summed E-state index contributed by atoms with van der Waals surface area (Å²) in [6, 6.07) is 2.05. The highest BCUT2D eigenvalue weighted by Gasteiger charge is 2.80. The lowest BCUT2D eigenvalue weighted by Crippen LogP contribution is -2.69. The van der Waals surface area contributed by atoms with E-state index in [9.17, 15) is 32.4 Å². The number of alkyl halides is 2. The largest absolute Gasteiger partial charge is 0.806 e. The van der Waals surface area contributed by atoms with Gasteiger partial charge in [-0.25, -0.2) is 9.18 Å². The molecule has 9 nitrogen and oxygen atoms in total. The van der Waals surface area contributed by atoms with Crippen LogP contribution in [0.2, 0.25) is 0 Å². The Morgan fingerprint density at radius 3 is 1.75 bits per heavy atom. The van der Waals surface area contributed by atoms with Crippen LogP contribution in [0, 0.1) is 11.6 Å². The molecule has 0 atom stereocenters. The molecule has 1 aromatic rings. The average molecular weight is 487 g/mol. The van der Waals surface area contributed by atoms with E-state index >= 15 is 8.78 Å². The fourth-order valence-corrected chi connectivity index (χ4v) is 4.00. The van der Waals surface area contributed by atoms with Crippen molar-refractivity contribution in [3.8, 4) is 5.75 Å². The van der Waals surface area contributed by atoms with Gasteiger partial charge in [0.15, 0.2) is 11.6 Å². The minimum Gasteiger partial charge on any atom is -0.451 e. The van der Waals surface area contributed by atoms with Crippen molar-refractivity contribution in [2.45, 2.75) is 45.7 Å². The molecule has 32 heavy (non-hydrogen) atoms. The molecule has 15 heteroatoms. The van der Waals surface area contributed by atoms with Gasteiger partial charge in [-0.15, -0.1) is 0 Å². The van der Waals surface area contributed by atoms with Gasteiger partial charge in [0.1, 0.15) is 0 Å². The molecule has 0 fully saturated rings. The maximum absolute atomic E-state index is 15.1. The molecule has 0 spiro atoms. The third-order valence-electron chi connectivity index (χ3n) is 3.50. The van der Waals surface area contributed by atoms with Crippen molar-refractivity contribution < 1.29 is 59.2 Å². The highest BCUT2D eigenvalue weighted by atomic mass is 28.4. The van der Waals surface area contributed by atoms with Gasteiger partial charge in [0.25, 0.3) is 17.9 Å². The van der Waals surface area contributed by atoms with Crippen LogP contribution in [-0.2, 0) is 27.7 Å². The van der Waals surface area contributed by atoms with Gasteiger partial charge < -0.3 is 18.0 Å². The molecule has 0 aliphatic rings. The van der Waals surface area contributed by atoms with Gasteiger partial charge in [-0.1, -0.05) is 36.4 Å². The van der Waals surface area contributed by atoms with Gasteiger partial charge in [-0.05, 0) is 12.1 Å². The molecule has 0 saturated heterocycles. The monoisotopic (exact) mass is 487 g/mol. The summed E-state index contributed by atoms with van der Waals surface area (Å²) < 4.78 is 88.8. The lowest BCUT2D eigenvalue weighted by atomic mass is 10.3. The van der Waals surface area contributed by atoms with Gasteiger partial charge in [-0.3, -0.25) is 14.4 Å². The molecule has 1 aromatic carbocycles. The maximum Gasteiger partial charge on any atom is 0.806 e. The number of halogens is 5. The Balaban J connectivity index is 3.45. The van der Waals surface area contributed by atoms with Crippen molar-refractivity contribution in [1.82, 2.24) is 5.12 Å².